The standard InChI is InChI=1S/C28H32N4O/c1-4-7-21-12-16-26(17-13-21)31-27(33)18-22-10-14-23(15-11-22)24-19-29-28(30-20-24)32-25(8-5-2)9-6-3/h5,8-17,19-20H,4,6-7,18H2,1-3H3,(H,31,33)(H,29,30,32)/b8-5-,25-9+. The largest absolute Gasteiger partial charge is 0.326 e. The average Bonchev–Trinajstić information content (AvgIpc) is 2.82. The Labute approximate surface area is 196 Å². The van der Waals surface area contributed by atoms with Crippen molar-refractivity contribution < 1.29 is 4.79 Å². The normalized spacial score (nSPS) is 11.5. The van der Waals surface area contributed by atoms with Crippen LogP contribution in [-0.2, 0) is 17.6 Å². The van der Waals surface area contributed by atoms with Crippen LogP contribution < -0.4 is 10.6 Å². The van der Waals surface area contributed by atoms with Gasteiger partial charge >= 0.3 is 0 Å². The highest BCUT2D eigenvalue weighted by Crippen LogP contribution is 2.20. The third-order valence-electron chi connectivity index (χ3n) is 5.11. The molecule has 5 nitrogen and oxygen atoms in total. The lowest BCUT2D eigenvalue weighted by Gasteiger charge is -2.08. The number of benzene rings is 2. The summed E-state index contributed by atoms with van der Waals surface area (Å²) >= 11 is 0. The zero-order valence-corrected chi connectivity index (χ0v) is 19.6. The van der Waals surface area contributed by atoms with E-state index < -0.39 is 0 Å². The second-order valence-corrected chi connectivity index (χ2v) is 7.86. The number of nitrogens with one attached hydrogen (secondary N) is 2. The molecule has 0 saturated carbocycles. The molecule has 0 aliphatic rings. The first-order chi connectivity index (χ1) is 16.1. The molecule has 33 heavy (non-hydrogen) atoms. The van der Waals surface area contributed by atoms with Gasteiger partial charge in [0.2, 0.25) is 11.9 Å². The Balaban J connectivity index is 1.58. The molecule has 3 aromatic rings. The van der Waals surface area contributed by atoms with E-state index in [0.717, 1.165) is 47.3 Å². The highest BCUT2D eigenvalue weighted by molar-refractivity contribution is 5.92. The molecular weight excluding hydrogens is 408 g/mol. The first kappa shape index (κ1) is 23.9. The van der Waals surface area contributed by atoms with Crippen molar-refractivity contribution in [1.82, 2.24) is 9.97 Å². The van der Waals surface area contributed by atoms with Crippen LogP contribution in [0.5, 0.6) is 0 Å². The number of carbonyl (C=O) groups excluding carboxylic acids is 1. The van der Waals surface area contributed by atoms with E-state index >= 15 is 0 Å². The molecule has 0 atom stereocenters. The molecule has 1 heterocycles. The Morgan fingerprint density at radius 3 is 2.15 bits per heavy atom. The first-order valence-electron chi connectivity index (χ1n) is 11.5. The van der Waals surface area contributed by atoms with Crippen LogP contribution in [0.15, 0.2) is 84.8 Å². The van der Waals surface area contributed by atoms with Crippen LogP contribution in [-0.4, -0.2) is 15.9 Å². The van der Waals surface area contributed by atoms with E-state index in [0.29, 0.717) is 12.4 Å². The number of nitrogens with zero attached hydrogens (tertiary/aromatic N) is 2. The van der Waals surface area contributed by atoms with Crippen molar-refractivity contribution >= 4 is 17.5 Å². The van der Waals surface area contributed by atoms with Gasteiger partial charge < -0.3 is 10.6 Å². The van der Waals surface area contributed by atoms with E-state index in [1.165, 1.54) is 5.56 Å². The fourth-order valence-corrected chi connectivity index (χ4v) is 3.48. The molecule has 1 aromatic heterocycles. The Bertz CT molecular complexity index is 1080. The van der Waals surface area contributed by atoms with Crippen LogP contribution in [0.4, 0.5) is 11.6 Å². The topological polar surface area (TPSA) is 66.9 Å². The lowest BCUT2D eigenvalue weighted by Crippen LogP contribution is -2.14. The smallest absolute Gasteiger partial charge is 0.228 e. The minimum Gasteiger partial charge on any atom is -0.326 e. The van der Waals surface area contributed by atoms with Crippen LogP contribution in [0.25, 0.3) is 11.1 Å². The number of carbonyl (C=O) groups is 1. The first-order valence-corrected chi connectivity index (χ1v) is 11.5. The van der Waals surface area contributed by atoms with Crippen LogP contribution in [0.2, 0.25) is 0 Å². The van der Waals surface area contributed by atoms with Crippen LogP contribution in [0, 0.1) is 0 Å². The SMILES string of the molecule is C/C=C\C(=C/CC)Nc1ncc(-c2ccc(CC(=O)Nc3ccc(CCC)cc3)cc2)cn1. The van der Waals surface area contributed by atoms with E-state index in [1.807, 2.05) is 55.5 Å². The number of amides is 1. The molecule has 3 rings (SSSR count). The summed E-state index contributed by atoms with van der Waals surface area (Å²) in [6.07, 6.45) is 13.1. The molecule has 0 aliphatic carbocycles. The maximum Gasteiger partial charge on any atom is 0.228 e. The molecule has 1 amide bonds. The van der Waals surface area contributed by atoms with E-state index in [-0.39, 0.29) is 5.91 Å². The molecule has 2 N–H and O–H groups in total. The molecule has 2 aromatic carbocycles. The summed E-state index contributed by atoms with van der Waals surface area (Å²) in [5.74, 6) is 0.536. The molecule has 0 bridgehead atoms. The molecule has 0 spiro atoms. The van der Waals surface area contributed by atoms with Gasteiger partial charge in [-0.3, -0.25) is 4.79 Å². The lowest BCUT2D eigenvalue weighted by molar-refractivity contribution is -0.115. The summed E-state index contributed by atoms with van der Waals surface area (Å²) in [6.45, 7) is 6.23. The molecular formula is C28H32N4O. The van der Waals surface area contributed by atoms with Crippen molar-refractivity contribution in [3.8, 4) is 11.1 Å². The number of hydrogen-bond acceptors (Lipinski definition) is 4. The number of aromatic nitrogens is 2. The van der Waals surface area contributed by atoms with Crippen molar-refractivity contribution in [3.63, 3.8) is 0 Å². The summed E-state index contributed by atoms with van der Waals surface area (Å²) < 4.78 is 0. The zero-order chi connectivity index (χ0) is 23.5. The zero-order valence-electron chi connectivity index (χ0n) is 19.6. The van der Waals surface area contributed by atoms with Gasteiger partial charge in [0.05, 0.1) is 6.42 Å². The number of rotatable bonds is 10. The molecule has 0 radical (unpaired) electrons. The highest BCUT2D eigenvalue weighted by Gasteiger charge is 2.06. The number of hydrogen-bond donors (Lipinski definition) is 2. The van der Waals surface area contributed by atoms with Gasteiger partial charge in [0.1, 0.15) is 0 Å². The van der Waals surface area contributed by atoms with Crippen LogP contribution >= 0.6 is 0 Å². The average molecular weight is 441 g/mol. The maximum absolute atomic E-state index is 12.4. The van der Waals surface area contributed by atoms with E-state index in [2.05, 4.69) is 52.7 Å². The molecule has 0 fully saturated rings. The maximum atomic E-state index is 12.4. The quantitative estimate of drug-likeness (QED) is 0.350. The van der Waals surface area contributed by atoms with Crippen molar-refractivity contribution in [2.45, 2.75) is 46.5 Å². The summed E-state index contributed by atoms with van der Waals surface area (Å²) in [7, 11) is 0. The van der Waals surface area contributed by atoms with E-state index in [9.17, 15) is 4.79 Å². The number of aryl methyl sites for hydroxylation is 1. The van der Waals surface area contributed by atoms with E-state index in [4.69, 9.17) is 0 Å². The number of allylic oxidation sites excluding steroid dienone is 3. The van der Waals surface area contributed by atoms with Crippen LogP contribution in [0.1, 0.15) is 44.7 Å². The van der Waals surface area contributed by atoms with Gasteiger partial charge in [-0.1, -0.05) is 68.8 Å². The second kappa shape index (κ2) is 12.3. The lowest BCUT2D eigenvalue weighted by atomic mass is 10.0. The van der Waals surface area contributed by atoms with Gasteiger partial charge in [-0.2, -0.15) is 0 Å². The summed E-state index contributed by atoms with van der Waals surface area (Å²) in [4.78, 5) is 21.3. The summed E-state index contributed by atoms with van der Waals surface area (Å²) in [6, 6.07) is 16.0. The van der Waals surface area contributed by atoms with Crippen LogP contribution in [0.3, 0.4) is 0 Å². The van der Waals surface area contributed by atoms with Gasteiger partial charge in [-0.15, -0.1) is 0 Å². The van der Waals surface area contributed by atoms with Crippen molar-refractivity contribution in [3.05, 3.63) is 96.0 Å². The van der Waals surface area contributed by atoms with Gasteiger partial charge in [-0.05, 0) is 54.7 Å². The van der Waals surface area contributed by atoms with Crippen molar-refractivity contribution in [2.24, 2.45) is 0 Å². The monoisotopic (exact) mass is 440 g/mol. The Kier molecular flexibility index (Phi) is 8.95. The third-order valence-corrected chi connectivity index (χ3v) is 5.11. The Morgan fingerprint density at radius 1 is 0.879 bits per heavy atom. The minimum atomic E-state index is -0.0261. The minimum absolute atomic E-state index is 0.0261. The second-order valence-electron chi connectivity index (χ2n) is 7.86. The molecule has 0 unspecified atom stereocenters. The van der Waals surface area contributed by atoms with Gasteiger partial charge in [0.25, 0.3) is 0 Å². The molecule has 0 aliphatic heterocycles. The molecule has 0 saturated heterocycles. The fraction of sp³-hybridized carbons (Fsp3) is 0.250. The van der Waals surface area contributed by atoms with Gasteiger partial charge in [-0.25, -0.2) is 9.97 Å². The Hall–Kier alpha value is -3.73. The predicted molar refractivity (Wildman–Crippen MR) is 137 cm³/mol. The molecule has 170 valence electrons. The Morgan fingerprint density at radius 2 is 1.55 bits per heavy atom. The number of anilines is 2. The summed E-state index contributed by atoms with van der Waals surface area (Å²) in [5, 5.41) is 6.20. The fourth-order valence-electron chi connectivity index (χ4n) is 3.48. The van der Waals surface area contributed by atoms with Gasteiger partial charge in [0.15, 0.2) is 0 Å². The molecule has 5 heteroatoms. The third kappa shape index (κ3) is 7.42. The summed E-state index contributed by atoms with van der Waals surface area (Å²) in [5.41, 5.74) is 5.99. The van der Waals surface area contributed by atoms with E-state index in [1.54, 1.807) is 12.4 Å². The van der Waals surface area contributed by atoms with Crippen molar-refractivity contribution in [2.75, 3.05) is 10.6 Å². The van der Waals surface area contributed by atoms with Crippen molar-refractivity contribution in [1.29, 1.82) is 0 Å². The highest BCUT2D eigenvalue weighted by atomic mass is 16.1. The van der Waals surface area contributed by atoms with Gasteiger partial charge in [0, 0.05) is 29.3 Å². The predicted octanol–water partition coefficient (Wildman–Crippen LogP) is 6.56.